The average Bonchev–Trinajstić information content (AvgIpc) is 2.55. The Morgan fingerprint density at radius 3 is 2.60 bits per heavy atom. The molecule has 0 aliphatic rings. The molecular weight excluding hydrogens is 184 g/mol. The summed E-state index contributed by atoms with van der Waals surface area (Å²) >= 11 is 0. The van der Waals surface area contributed by atoms with E-state index in [-0.39, 0.29) is 0 Å². The number of benzene rings is 1. The predicted molar refractivity (Wildman–Crippen MR) is 66.7 cm³/mol. The number of rotatable bonds is 2. The van der Waals surface area contributed by atoms with E-state index in [2.05, 4.69) is 43.2 Å². The van der Waals surface area contributed by atoms with Crippen molar-refractivity contribution in [2.24, 2.45) is 0 Å². The first-order valence-electron chi connectivity index (χ1n) is 5.47. The molecule has 2 heteroatoms. The fraction of sp³-hybridized carbons (Fsp3) is 0.385. The van der Waals surface area contributed by atoms with Crippen molar-refractivity contribution in [3.63, 3.8) is 0 Å². The Morgan fingerprint density at radius 1 is 1.27 bits per heavy atom. The van der Waals surface area contributed by atoms with Gasteiger partial charge in [0.15, 0.2) is 0 Å². The summed E-state index contributed by atoms with van der Waals surface area (Å²) in [6.45, 7) is 6.50. The van der Waals surface area contributed by atoms with Crippen LogP contribution in [-0.4, -0.2) is 12.0 Å². The van der Waals surface area contributed by atoms with E-state index in [0.29, 0.717) is 0 Å². The van der Waals surface area contributed by atoms with Gasteiger partial charge in [0.2, 0.25) is 0 Å². The SMILES string of the molecule is CCc1ccc(NC)c2c(C)c(C)[nH]c12. The highest BCUT2D eigenvalue weighted by atomic mass is 14.8. The van der Waals surface area contributed by atoms with Crippen LogP contribution in [0.1, 0.15) is 23.7 Å². The molecule has 1 heterocycles. The van der Waals surface area contributed by atoms with Crippen LogP contribution < -0.4 is 5.32 Å². The van der Waals surface area contributed by atoms with Gasteiger partial charge in [-0.2, -0.15) is 0 Å². The summed E-state index contributed by atoms with van der Waals surface area (Å²) in [7, 11) is 1.97. The number of H-pyrrole nitrogens is 1. The molecule has 0 radical (unpaired) electrons. The van der Waals surface area contributed by atoms with Crippen LogP contribution in [0.25, 0.3) is 10.9 Å². The van der Waals surface area contributed by atoms with Crippen LogP contribution >= 0.6 is 0 Å². The second-order valence-corrected chi connectivity index (χ2v) is 4.00. The smallest absolute Gasteiger partial charge is 0.0512 e. The van der Waals surface area contributed by atoms with E-state index < -0.39 is 0 Å². The first-order valence-corrected chi connectivity index (χ1v) is 5.47. The molecule has 2 nitrogen and oxygen atoms in total. The second kappa shape index (κ2) is 3.61. The Balaban J connectivity index is 2.86. The minimum absolute atomic E-state index is 1.07. The monoisotopic (exact) mass is 202 g/mol. The maximum atomic E-state index is 3.48. The zero-order valence-corrected chi connectivity index (χ0v) is 9.86. The molecule has 1 aromatic carbocycles. The van der Waals surface area contributed by atoms with Crippen LogP contribution in [0.2, 0.25) is 0 Å². The quantitative estimate of drug-likeness (QED) is 0.767. The molecule has 0 bridgehead atoms. The van der Waals surface area contributed by atoms with Gasteiger partial charge in [0.1, 0.15) is 0 Å². The Hall–Kier alpha value is -1.44. The Bertz CT molecular complexity index is 495. The molecule has 0 saturated carbocycles. The second-order valence-electron chi connectivity index (χ2n) is 4.00. The minimum atomic E-state index is 1.07. The minimum Gasteiger partial charge on any atom is -0.388 e. The number of anilines is 1. The molecule has 2 aromatic rings. The maximum Gasteiger partial charge on any atom is 0.0512 e. The van der Waals surface area contributed by atoms with Gasteiger partial charge in [0, 0.05) is 23.8 Å². The molecule has 2 N–H and O–H groups in total. The van der Waals surface area contributed by atoms with Crippen molar-refractivity contribution in [1.82, 2.24) is 4.98 Å². The molecule has 1 aromatic heterocycles. The summed E-state index contributed by atoms with van der Waals surface area (Å²) in [5.41, 5.74) is 6.51. The first-order chi connectivity index (χ1) is 7.19. The van der Waals surface area contributed by atoms with Crippen molar-refractivity contribution in [2.45, 2.75) is 27.2 Å². The Kier molecular flexibility index (Phi) is 2.43. The van der Waals surface area contributed by atoms with Crippen molar-refractivity contribution < 1.29 is 0 Å². The Labute approximate surface area is 90.7 Å². The molecular formula is C13H18N2. The summed E-state index contributed by atoms with van der Waals surface area (Å²) in [6, 6.07) is 4.37. The van der Waals surface area contributed by atoms with Crippen LogP contribution in [0.4, 0.5) is 5.69 Å². The van der Waals surface area contributed by atoms with Crippen molar-refractivity contribution >= 4 is 16.6 Å². The lowest BCUT2D eigenvalue weighted by Gasteiger charge is -2.06. The van der Waals surface area contributed by atoms with Gasteiger partial charge in [-0.15, -0.1) is 0 Å². The third-order valence-corrected chi connectivity index (χ3v) is 3.19. The van der Waals surface area contributed by atoms with Crippen molar-refractivity contribution in [3.8, 4) is 0 Å². The number of aromatic amines is 1. The number of hydrogen-bond donors (Lipinski definition) is 2. The van der Waals surface area contributed by atoms with Gasteiger partial charge in [-0.3, -0.25) is 0 Å². The third kappa shape index (κ3) is 1.41. The highest BCUT2D eigenvalue weighted by molar-refractivity contribution is 5.97. The van der Waals surface area contributed by atoms with Crippen LogP contribution in [0.3, 0.4) is 0 Å². The number of hydrogen-bond acceptors (Lipinski definition) is 1. The molecule has 2 rings (SSSR count). The van der Waals surface area contributed by atoms with Crippen molar-refractivity contribution in [1.29, 1.82) is 0 Å². The maximum absolute atomic E-state index is 3.48. The summed E-state index contributed by atoms with van der Waals surface area (Å²) in [6.07, 6.45) is 1.07. The first kappa shape index (κ1) is 10.1. The van der Waals surface area contributed by atoms with E-state index in [9.17, 15) is 0 Å². The van der Waals surface area contributed by atoms with Gasteiger partial charge in [-0.25, -0.2) is 0 Å². The van der Waals surface area contributed by atoms with Crippen molar-refractivity contribution in [2.75, 3.05) is 12.4 Å². The van der Waals surface area contributed by atoms with Gasteiger partial charge in [-0.1, -0.05) is 13.0 Å². The topological polar surface area (TPSA) is 27.8 Å². The molecule has 0 saturated heterocycles. The molecule has 15 heavy (non-hydrogen) atoms. The fourth-order valence-corrected chi connectivity index (χ4v) is 2.15. The van der Waals surface area contributed by atoms with Crippen LogP contribution in [0.15, 0.2) is 12.1 Å². The lowest BCUT2D eigenvalue weighted by molar-refractivity contribution is 1.14. The highest BCUT2D eigenvalue weighted by Crippen LogP contribution is 2.31. The normalized spacial score (nSPS) is 10.9. The number of fused-ring (bicyclic) bond motifs is 1. The van der Waals surface area contributed by atoms with E-state index in [1.54, 1.807) is 0 Å². The Morgan fingerprint density at radius 2 is 2.00 bits per heavy atom. The zero-order chi connectivity index (χ0) is 11.0. The highest BCUT2D eigenvalue weighted by Gasteiger charge is 2.10. The van der Waals surface area contributed by atoms with Gasteiger partial charge >= 0.3 is 0 Å². The zero-order valence-electron chi connectivity index (χ0n) is 9.86. The molecule has 0 atom stereocenters. The molecule has 0 aliphatic heterocycles. The molecule has 0 spiro atoms. The van der Waals surface area contributed by atoms with Gasteiger partial charge in [0.25, 0.3) is 0 Å². The van der Waals surface area contributed by atoms with E-state index in [4.69, 9.17) is 0 Å². The van der Waals surface area contributed by atoms with Gasteiger partial charge in [-0.05, 0) is 37.5 Å². The van der Waals surface area contributed by atoms with E-state index >= 15 is 0 Å². The lowest BCUT2D eigenvalue weighted by Crippen LogP contribution is -1.91. The lowest BCUT2D eigenvalue weighted by atomic mass is 10.0. The summed E-state index contributed by atoms with van der Waals surface area (Å²) in [4.78, 5) is 3.48. The standard InChI is InChI=1S/C13H18N2/c1-5-10-6-7-11(14-4)12-8(2)9(3)15-13(10)12/h6-7,14-15H,5H2,1-4H3. The number of aromatic nitrogens is 1. The summed E-state index contributed by atoms with van der Waals surface area (Å²) in [5, 5.41) is 4.60. The van der Waals surface area contributed by atoms with Crippen LogP contribution in [0, 0.1) is 13.8 Å². The predicted octanol–water partition coefficient (Wildman–Crippen LogP) is 3.39. The van der Waals surface area contributed by atoms with Crippen LogP contribution in [0.5, 0.6) is 0 Å². The van der Waals surface area contributed by atoms with Crippen LogP contribution in [-0.2, 0) is 6.42 Å². The average molecular weight is 202 g/mol. The van der Waals surface area contributed by atoms with Gasteiger partial charge < -0.3 is 10.3 Å². The largest absolute Gasteiger partial charge is 0.388 e. The third-order valence-electron chi connectivity index (χ3n) is 3.19. The van der Waals surface area contributed by atoms with Crippen molar-refractivity contribution in [3.05, 3.63) is 29.0 Å². The summed E-state index contributed by atoms with van der Waals surface area (Å²) in [5.74, 6) is 0. The molecule has 0 aliphatic carbocycles. The molecule has 0 amide bonds. The van der Waals surface area contributed by atoms with E-state index in [1.807, 2.05) is 7.05 Å². The summed E-state index contributed by atoms with van der Waals surface area (Å²) < 4.78 is 0. The van der Waals surface area contributed by atoms with Gasteiger partial charge in [0.05, 0.1) is 5.52 Å². The van der Waals surface area contributed by atoms with E-state index in [0.717, 1.165) is 6.42 Å². The fourth-order valence-electron chi connectivity index (χ4n) is 2.15. The number of nitrogens with one attached hydrogen (secondary N) is 2. The number of aryl methyl sites for hydroxylation is 3. The molecule has 80 valence electrons. The van der Waals surface area contributed by atoms with E-state index in [1.165, 1.54) is 33.4 Å². The molecule has 0 unspecified atom stereocenters. The molecule has 0 fully saturated rings.